The van der Waals surface area contributed by atoms with E-state index >= 15 is 0 Å². The molecule has 0 spiro atoms. The van der Waals surface area contributed by atoms with Gasteiger partial charge in [0.2, 0.25) is 0 Å². The van der Waals surface area contributed by atoms with Crippen LogP contribution in [0.25, 0.3) is 0 Å². The van der Waals surface area contributed by atoms with Crippen LogP contribution in [0.1, 0.15) is 31.9 Å². The number of rotatable bonds is 5. The van der Waals surface area contributed by atoms with Gasteiger partial charge >= 0.3 is 0 Å². The second-order valence-electron chi connectivity index (χ2n) is 4.89. The Morgan fingerprint density at radius 2 is 2.35 bits per heavy atom. The summed E-state index contributed by atoms with van der Waals surface area (Å²) >= 11 is 0. The van der Waals surface area contributed by atoms with E-state index < -0.39 is 0 Å². The molecule has 1 aliphatic heterocycles. The first kappa shape index (κ1) is 12.5. The maximum atomic E-state index is 5.51. The zero-order valence-electron chi connectivity index (χ0n) is 10.7. The van der Waals surface area contributed by atoms with Crippen molar-refractivity contribution in [3.8, 4) is 0 Å². The third-order valence-corrected chi connectivity index (χ3v) is 3.62. The lowest BCUT2D eigenvalue weighted by Gasteiger charge is -2.32. The molecule has 1 atom stereocenters. The molecule has 1 saturated heterocycles. The summed E-state index contributed by atoms with van der Waals surface area (Å²) in [6, 6.07) is 0. The lowest BCUT2D eigenvalue weighted by Crippen LogP contribution is -2.37. The van der Waals surface area contributed by atoms with E-state index in [2.05, 4.69) is 22.1 Å². The Morgan fingerprint density at radius 1 is 1.47 bits per heavy atom. The van der Waals surface area contributed by atoms with Gasteiger partial charge in [-0.05, 0) is 25.3 Å². The molecule has 0 aliphatic carbocycles. The third kappa shape index (κ3) is 3.51. The molecular weight excluding hydrogens is 214 g/mol. The molecule has 1 unspecified atom stereocenters. The molecule has 0 aromatic carbocycles. The van der Waals surface area contributed by atoms with Crippen LogP contribution >= 0.6 is 0 Å². The van der Waals surface area contributed by atoms with Gasteiger partial charge in [0.05, 0.1) is 12.2 Å². The van der Waals surface area contributed by atoms with Gasteiger partial charge in [0, 0.05) is 25.8 Å². The largest absolute Gasteiger partial charge is 0.325 e. The highest BCUT2D eigenvalue weighted by molar-refractivity contribution is 4.90. The fraction of sp³-hybridized carbons (Fsp3) is 0.833. The van der Waals surface area contributed by atoms with E-state index in [1.54, 1.807) is 0 Å². The number of nitrogens with two attached hydrogens (primary N) is 1. The minimum atomic E-state index is 0.474. The van der Waals surface area contributed by atoms with Crippen molar-refractivity contribution in [1.82, 2.24) is 19.9 Å². The molecule has 0 saturated carbocycles. The number of piperidine rings is 1. The number of hydrogen-bond donors (Lipinski definition) is 1. The molecule has 1 aromatic rings. The quantitative estimate of drug-likeness (QED) is 0.825. The van der Waals surface area contributed by atoms with Gasteiger partial charge in [-0.2, -0.15) is 0 Å². The maximum Gasteiger partial charge on any atom is 0.0962 e. The molecule has 2 N–H and O–H groups in total. The SMILES string of the molecule is CCC1CCCN(CCn2cc(CN)nn2)C1. The summed E-state index contributed by atoms with van der Waals surface area (Å²) in [5, 5.41) is 8.07. The van der Waals surface area contributed by atoms with E-state index in [9.17, 15) is 0 Å². The average molecular weight is 237 g/mol. The lowest BCUT2D eigenvalue weighted by molar-refractivity contribution is 0.164. The van der Waals surface area contributed by atoms with E-state index in [1.165, 1.54) is 32.4 Å². The van der Waals surface area contributed by atoms with Crippen molar-refractivity contribution in [3.05, 3.63) is 11.9 Å². The number of likely N-dealkylation sites (tertiary alicyclic amines) is 1. The predicted molar refractivity (Wildman–Crippen MR) is 67.4 cm³/mol. The van der Waals surface area contributed by atoms with E-state index in [-0.39, 0.29) is 0 Å². The summed E-state index contributed by atoms with van der Waals surface area (Å²) in [6.45, 7) is 7.23. The van der Waals surface area contributed by atoms with Gasteiger partial charge < -0.3 is 10.6 Å². The van der Waals surface area contributed by atoms with Crippen LogP contribution in [0.5, 0.6) is 0 Å². The first-order valence-electron chi connectivity index (χ1n) is 6.63. The van der Waals surface area contributed by atoms with Crippen molar-refractivity contribution in [3.63, 3.8) is 0 Å². The molecular formula is C12H23N5. The first-order chi connectivity index (χ1) is 8.31. The van der Waals surface area contributed by atoms with Crippen LogP contribution in [0.2, 0.25) is 0 Å². The Hall–Kier alpha value is -0.940. The van der Waals surface area contributed by atoms with Crippen LogP contribution in [0.15, 0.2) is 6.20 Å². The molecule has 1 aromatic heterocycles. The third-order valence-electron chi connectivity index (χ3n) is 3.62. The van der Waals surface area contributed by atoms with Crippen LogP contribution in [-0.4, -0.2) is 39.5 Å². The van der Waals surface area contributed by atoms with Crippen LogP contribution in [0, 0.1) is 5.92 Å². The Bertz CT molecular complexity index is 335. The summed E-state index contributed by atoms with van der Waals surface area (Å²) in [5.74, 6) is 0.888. The first-order valence-corrected chi connectivity index (χ1v) is 6.63. The summed E-state index contributed by atoms with van der Waals surface area (Å²) in [7, 11) is 0. The molecule has 5 heteroatoms. The fourth-order valence-electron chi connectivity index (χ4n) is 2.47. The van der Waals surface area contributed by atoms with Crippen molar-refractivity contribution >= 4 is 0 Å². The van der Waals surface area contributed by atoms with Crippen molar-refractivity contribution in [2.45, 2.75) is 39.3 Å². The van der Waals surface area contributed by atoms with Crippen LogP contribution in [0.4, 0.5) is 0 Å². The highest BCUT2D eigenvalue weighted by Gasteiger charge is 2.17. The summed E-state index contributed by atoms with van der Waals surface area (Å²) in [6.07, 6.45) is 5.98. The average Bonchev–Trinajstić information content (AvgIpc) is 2.84. The number of aromatic nitrogens is 3. The second-order valence-corrected chi connectivity index (χ2v) is 4.89. The smallest absolute Gasteiger partial charge is 0.0962 e. The molecule has 2 heterocycles. The summed E-state index contributed by atoms with van der Waals surface area (Å²) in [4.78, 5) is 2.54. The predicted octanol–water partition coefficient (Wildman–Crippen LogP) is 0.859. The summed E-state index contributed by atoms with van der Waals surface area (Å²) in [5.41, 5.74) is 6.38. The number of nitrogens with zero attached hydrogens (tertiary/aromatic N) is 4. The van der Waals surface area contributed by atoms with Crippen molar-refractivity contribution in [2.75, 3.05) is 19.6 Å². The second kappa shape index (κ2) is 6.12. The van der Waals surface area contributed by atoms with E-state index in [0.29, 0.717) is 6.54 Å². The van der Waals surface area contributed by atoms with E-state index in [0.717, 1.165) is 24.7 Å². The molecule has 2 rings (SSSR count). The van der Waals surface area contributed by atoms with Gasteiger partial charge in [-0.25, -0.2) is 0 Å². The lowest BCUT2D eigenvalue weighted by atomic mass is 9.96. The standard InChI is InChI=1S/C12H23N5/c1-2-11-4-3-5-16(9-11)6-7-17-10-12(8-13)14-15-17/h10-11H,2-9,13H2,1H3. The van der Waals surface area contributed by atoms with Crippen LogP contribution in [0.3, 0.4) is 0 Å². The van der Waals surface area contributed by atoms with Gasteiger partial charge in [0.1, 0.15) is 0 Å². The monoisotopic (exact) mass is 237 g/mol. The van der Waals surface area contributed by atoms with Crippen LogP contribution < -0.4 is 5.73 Å². The van der Waals surface area contributed by atoms with Crippen LogP contribution in [-0.2, 0) is 13.1 Å². The van der Waals surface area contributed by atoms with Crippen molar-refractivity contribution in [1.29, 1.82) is 0 Å². The summed E-state index contributed by atoms with van der Waals surface area (Å²) < 4.78 is 1.90. The van der Waals surface area contributed by atoms with Gasteiger partial charge in [-0.3, -0.25) is 4.68 Å². The zero-order valence-corrected chi connectivity index (χ0v) is 10.7. The van der Waals surface area contributed by atoms with Crippen molar-refractivity contribution in [2.24, 2.45) is 11.7 Å². The Morgan fingerprint density at radius 3 is 3.06 bits per heavy atom. The molecule has 17 heavy (non-hydrogen) atoms. The Labute approximate surface area is 103 Å². The minimum absolute atomic E-state index is 0.474. The fourth-order valence-corrected chi connectivity index (χ4v) is 2.47. The molecule has 5 nitrogen and oxygen atoms in total. The molecule has 96 valence electrons. The van der Waals surface area contributed by atoms with Gasteiger partial charge in [-0.1, -0.05) is 18.6 Å². The molecule has 0 amide bonds. The molecule has 1 fully saturated rings. The van der Waals surface area contributed by atoms with Crippen molar-refractivity contribution < 1.29 is 0 Å². The minimum Gasteiger partial charge on any atom is -0.325 e. The normalized spacial score (nSPS) is 21.9. The van der Waals surface area contributed by atoms with Gasteiger partial charge in [-0.15, -0.1) is 5.10 Å². The topological polar surface area (TPSA) is 60.0 Å². The van der Waals surface area contributed by atoms with E-state index in [1.807, 2.05) is 10.9 Å². The Balaban J connectivity index is 1.77. The molecule has 1 aliphatic rings. The Kier molecular flexibility index (Phi) is 4.50. The van der Waals surface area contributed by atoms with Gasteiger partial charge in [0.25, 0.3) is 0 Å². The van der Waals surface area contributed by atoms with E-state index in [4.69, 9.17) is 5.73 Å². The molecule has 0 radical (unpaired) electrons. The maximum absolute atomic E-state index is 5.51. The van der Waals surface area contributed by atoms with Gasteiger partial charge in [0.15, 0.2) is 0 Å². The zero-order chi connectivity index (χ0) is 12.1. The molecule has 0 bridgehead atoms. The highest BCUT2D eigenvalue weighted by Crippen LogP contribution is 2.18. The number of hydrogen-bond acceptors (Lipinski definition) is 4. The highest BCUT2D eigenvalue weighted by atomic mass is 15.4.